The molecule has 12 heavy (non-hydrogen) atoms. The molecule has 1 unspecified atom stereocenters. The van der Waals surface area contributed by atoms with Crippen LogP contribution in [0.2, 0.25) is 0 Å². The molecule has 1 heterocycles. The predicted octanol–water partition coefficient (Wildman–Crippen LogP) is 1.52. The van der Waals surface area contributed by atoms with Crippen LogP contribution in [0.5, 0.6) is 0 Å². The number of anilines is 1. The van der Waals surface area contributed by atoms with Crippen LogP contribution < -0.4 is 11.0 Å². The summed E-state index contributed by atoms with van der Waals surface area (Å²) in [6.45, 7) is 0. The highest BCUT2D eigenvalue weighted by Crippen LogP contribution is 2.22. The molecule has 1 atom stereocenters. The SMILES string of the molecule is Nc1c(F)cc2scnc2c1P. The van der Waals surface area contributed by atoms with E-state index in [2.05, 4.69) is 14.2 Å². The number of nitrogens with two attached hydrogens (primary N) is 1. The molecule has 0 fully saturated rings. The van der Waals surface area contributed by atoms with Gasteiger partial charge in [0.2, 0.25) is 0 Å². The van der Waals surface area contributed by atoms with E-state index in [9.17, 15) is 4.39 Å². The summed E-state index contributed by atoms with van der Waals surface area (Å²) in [4.78, 5) is 4.07. The lowest BCUT2D eigenvalue weighted by Gasteiger charge is -2.00. The Labute approximate surface area is 74.8 Å². The van der Waals surface area contributed by atoms with Crippen LogP contribution in [0.25, 0.3) is 10.2 Å². The van der Waals surface area contributed by atoms with E-state index in [1.165, 1.54) is 17.4 Å². The molecule has 0 aliphatic carbocycles. The van der Waals surface area contributed by atoms with E-state index in [1.807, 2.05) is 0 Å². The monoisotopic (exact) mass is 200 g/mol. The molecule has 62 valence electrons. The first-order valence-electron chi connectivity index (χ1n) is 3.27. The normalized spacial score (nSPS) is 10.8. The predicted molar refractivity (Wildman–Crippen MR) is 53.3 cm³/mol. The third-order valence-corrected chi connectivity index (χ3v) is 3.02. The Morgan fingerprint density at radius 3 is 3.08 bits per heavy atom. The van der Waals surface area contributed by atoms with Crippen LogP contribution in [0.4, 0.5) is 10.1 Å². The van der Waals surface area contributed by atoms with Crippen molar-refractivity contribution in [2.45, 2.75) is 0 Å². The van der Waals surface area contributed by atoms with Crippen LogP contribution >= 0.6 is 20.6 Å². The molecule has 0 aliphatic rings. The lowest BCUT2D eigenvalue weighted by Crippen LogP contribution is -2.05. The van der Waals surface area contributed by atoms with Crippen molar-refractivity contribution in [2.75, 3.05) is 5.73 Å². The fourth-order valence-electron chi connectivity index (χ4n) is 1.01. The maximum atomic E-state index is 13.0. The van der Waals surface area contributed by atoms with Gasteiger partial charge in [-0.25, -0.2) is 9.37 Å². The molecule has 0 aliphatic heterocycles. The molecule has 0 radical (unpaired) electrons. The lowest BCUT2D eigenvalue weighted by molar-refractivity contribution is 0.635. The summed E-state index contributed by atoms with van der Waals surface area (Å²) >= 11 is 1.40. The third kappa shape index (κ3) is 0.993. The van der Waals surface area contributed by atoms with Crippen molar-refractivity contribution < 1.29 is 4.39 Å². The molecule has 2 rings (SSSR count). The highest BCUT2D eigenvalue weighted by atomic mass is 32.1. The molecule has 1 aromatic heterocycles. The van der Waals surface area contributed by atoms with Crippen LogP contribution in [0.1, 0.15) is 0 Å². The van der Waals surface area contributed by atoms with Crippen LogP contribution in [-0.4, -0.2) is 4.98 Å². The fourth-order valence-corrected chi connectivity index (χ4v) is 2.20. The number of benzene rings is 1. The number of hydrogen-bond acceptors (Lipinski definition) is 3. The second-order valence-electron chi connectivity index (χ2n) is 2.38. The van der Waals surface area contributed by atoms with Gasteiger partial charge in [0.15, 0.2) is 0 Å². The van der Waals surface area contributed by atoms with Gasteiger partial charge in [0.05, 0.1) is 21.4 Å². The highest BCUT2D eigenvalue weighted by molar-refractivity contribution is 7.29. The zero-order valence-corrected chi connectivity index (χ0v) is 8.01. The Bertz CT molecular complexity index is 440. The first kappa shape index (κ1) is 7.90. The van der Waals surface area contributed by atoms with Gasteiger partial charge in [-0.1, -0.05) is 0 Å². The summed E-state index contributed by atoms with van der Waals surface area (Å²) < 4.78 is 13.9. The number of rotatable bonds is 0. The zero-order valence-electron chi connectivity index (χ0n) is 6.04. The minimum atomic E-state index is -0.378. The molecule has 2 aromatic rings. The topological polar surface area (TPSA) is 38.9 Å². The second-order valence-corrected chi connectivity index (χ2v) is 3.85. The number of nitrogen functional groups attached to an aromatic ring is 1. The largest absolute Gasteiger partial charge is 0.396 e. The third-order valence-electron chi connectivity index (χ3n) is 1.66. The summed E-state index contributed by atoms with van der Waals surface area (Å²) in [7, 11) is 2.41. The Balaban J connectivity index is 2.94. The van der Waals surface area contributed by atoms with Gasteiger partial charge < -0.3 is 5.73 Å². The van der Waals surface area contributed by atoms with E-state index in [4.69, 9.17) is 5.73 Å². The van der Waals surface area contributed by atoms with Gasteiger partial charge in [0, 0.05) is 5.30 Å². The number of halogens is 1. The van der Waals surface area contributed by atoms with Gasteiger partial charge in [-0.2, -0.15) is 0 Å². The molecule has 0 spiro atoms. The molecule has 0 bridgehead atoms. The summed E-state index contributed by atoms with van der Waals surface area (Å²) in [5.74, 6) is -0.378. The van der Waals surface area contributed by atoms with Crippen molar-refractivity contribution in [1.82, 2.24) is 4.98 Å². The Hall–Kier alpha value is -0.730. The number of nitrogens with zero attached hydrogens (tertiary/aromatic N) is 1. The van der Waals surface area contributed by atoms with Crippen molar-refractivity contribution in [3.63, 3.8) is 0 Å². The summed E-state index contributed by atoms with van der Waals surface area (Å²) in [5, 5.41) is 0.645. The highest BCUT2D eigenvalue weighted by Gasteiger charge is 2.08. The Morgan fingerprint density at radius 2 is 2.33 bits per heavy atom. The lowest BCUT2D eigenvalue weighted by atomic mass is 10.3. The molecule has 0 saturated carbocycles. The number of fused-ring (bicyclic) bond motifs is 1. The molecule has 2 N–H and O–H groups in total. The van der Waals surface area contributed by atoms with Crippen molar-refractivity contribution in [1.29, 1.82) is 0 Å². The smallest absolute Gasteiger partial charge is 0.148 e. The number of hydrogen-bond donors (Lipinski definition) is 1. The summed E-state index contributed by atoms with van der Waals surface area (Å²) in [6.07, 6.45) is 0. The standard InChI is InChI=1S/C7H6FN2PS/c8-3-1-4-6(10-2-12-4)7(11)5(3)9/h1-2H,9,11H2. The first-order valence-corrected chi connectivity index (χ1v) is 4.72. The minimum Gasteiger partial charge on any atom is -0.396 e. The van der Waals surface area contributed by atoms with Crippen molar-refractivity contribution >= 4 is 41.8 Å². The number of thiazole rings is 1. The second kappa shape index (κ2) is 2.64. The average molecular weight is 200 g/mol. The van der Waals surface area contributed by atoms with Gasteiger partial charge >= 0.3 is 0 Å². The van der Waals surface area contributed by atoms with Crippen LogP contribution in [0.15, 0.2) is 11.6 Å². The van der Waals surface area contributed by atoms with E-state index in [1.54, 1.807) is 5.51 Å². The van der Waals surface area contributed by atoms with Gasteiger partial charge in [-0.15, -0.1) is 20.6 Å². The van der Waals surface area contributed by atoms with Gasteiger partial charge in [-0.3, -0.25) is 0 Å². The van der Waals surface area contributed by atoms with Crippen molar-refractivity contribution in [3.8, 4) is 0 Å². The van der Waals surface area contributed by atoms with Crippen molar-refractivity contribution in [3.05, 3.63) is 17.4 Å². The van der Waals surface area contributed by atoms with Crippen LogP contribution in [-0.2, 0) is 0 Å². The molecular formula is C7H6FN2PS. The van der Waals surface area contributed by atoms with E-state index < -0.39 is 0 Å². The molecule has 0 saturated heterocycles. The molecule has 0 amide bonds. The maximum Gasteiger partial charge on any atom is 0.148 e. The zero-order chi connectivity index (χ0) is 8.72. The molecule has 5 heteroatoms. The fraction of sp³-hybridized carbons (Fsp3) is 0. The van der Waals surface area contributed by atoms with Gasteiger partial charge in [0.1, 0.15) is 5.82 Å². The quantitative estimate of drug-likeness (QED) is 0.517. The number of aromatic nitrogens is 1. The van der Waals surface area contributed by atoms with E-state index in [0.717, 1.165) is 10.2 Å². The van der Waals surface area contributed by atoms with Crippen LogP contribution in [0, 0.1) is 5.82 Å². The van der Waals surface area contributed by atoms with Gasteiger partial charge in [0.25, 0.3) is 0 Å². The summed E-state index contributed by atoms with van der Waals surface area (Å²) in [5.41, 5.74) is 8.09. The summed E-state index contributed by atoms with van der Waals surface area (Å²) in [6, 6.07) is 1.41. The first-order chi connectivity index (χ1) is 5.70. The average Bonchev–Trinajstić information content (AvgIpc) is 2.48. The van der Waals surface area contributed by atoms with Crippen LogP contribution in [0.3, 0.4) is 0 Å². The maximum absolute atomic E-state index is 13.0. The van der Waals surface area contributed by atoms with Crippen molar-refractivity contribution in [2.24, 2.45) is 0 Å². The van der Waals surface area contributed by atoms with E-state index in [-0.39, 0.29) is 11.5 Å². The van der Waals surface area contributed by atoms with Gasteiger partial charge in [-0.05, 0) is 6.07 Å². The Kier molecular flexibility index (Phi) is 1.74. The molecule has 2 nitrogen and oxygen atoms in total. The Morgan fingerprint density at radius 1 is 1.58 bits per heavy atom. The molecule has 1 aromatic carbocycles. The van der Waals surface area contributed by atoms with E-state index >= 15 is 0 Å². The minimum absolute atomic E-state index is 0.165. The van der Waals surface area contributed by atoms with E-state index in [0.29, 0.717) is 5.30 Å². The molecular weight excluding hydrogens is 194 g/mol.